The molecule has 0 unspecified atom stereocenters. The van der Waals surface area contributed by atoms with Gasteiger partial charge in [-0.15, -0.1) is 5.10 Å². The van der Waals surface area contributed by atoms with Gasteiger partial charge in [0.25, 0.3) is 5.69 Å². The van der Waals surface area contributed by atoms with Gasteiger partial charge in [0.1, 0.15) is 0 Å². The van der Waals surface area contributed by atoms with Crippen LogP contribution in [0, 0.1) is 30.9 Å². The predicted octanol–water partition coefficient (Wildman–Crippen LogP) is 1.97. The fraction of sp³-hybridized carbons (Fsp3) is 0.235. The molecule has 0 bridgehead atoms. The van der Waals surface area contributed by atoms with Crippen LogP contribution in [0.25, 0.3) is 5.69 Å². The van der Waals surface area contributed by atoms with E-state index in [0.29, 0.717) is 11.3 Å². The van der Waals surface area contributed by atoms with Gasteiger partial charge in [-0.25, -0.2) is 13.1 Å². The first kappa shape index (κ1) is 19.6. The quantitative estimate of drug-likeness (QED) is 0.492. The van der Waals surface area contributed by atoms with E-state index in [9.17, 15) is 18.5 Å². The Morgan fingerprint density at radius 1 is 1.07 bits per heavy atom. The maximum absolute atomic E-state index is 12.7. The van der Waals surface area contributed by atoms with Gasteiger partial charge in [-0.1, -0.05) is 12.1 Å². The molecule has 2 aromatic carbocycles. The third-order valence-corrected chi connectivity index (χ3v) is 5.90. The lowest BCUT2D eigenvalue weighted by molar-refractivity contribution is -0.385. The summed E-state index contributed by atoms with van der Waals surface area (Å²) in [6.45, 7) is 5.33. The number of aromatic nitrogens is 4. The Hall–Kier alpha value is -3.18. The van der Waals surface area contributed by atoms with E-state index < -0.39 is 14.9 Å². The third-order valence-electron chi connectivity index (χ3n) is 4.36. The van der Waals surface area contributed by atoms with E-state index in [1.807, 2.05) is 32.0 Å². The minimum absolute atomic E-state index is 0.160. The number of nitro groups is 1. The fourth-order valence-electron chi connectivity index (χ4n) is 2.60. The van der Waals surface area contributed by atoms with Gasteiger partial charge in [0.15, 0.2) is 5.82 Å². The molecule has 0 spiro atoms. The van der Waals surface area contributed by atoms with Crippen molar-refractivity contribution >= 4 is 15.7 Å². The number of aryl methyl sites for hydroxylation is 3. The second-order valence-electron chi connectivity index (χ2n) is 6.31. The summed E-state index contributed by atoms with van der Waals surface area (Å²) in [5.41, 5.74) is 2.96. The highest BCUT2D eigenvalue weighted by atomic mass is 32.2. The molecule has 10 nitrogen and oxygen atoms in total. The molecule has 146 valence electrons. The summed E-state index contributed by atoms with van der Waals surface area (Å²) >= 11 is 0. The number of hydrogen-bond acceptors (Lipinski definition) is 7. The molecule has 1 heterocycles. The van der Waals surface area contributed by atoms with Crippen LogP contribution in [0.5, 0.6) is 0 Å². The summed E-state index contributed by atoms with van der Waals surface area (Å²) in [6.07, 6.45) is 0. The van der Waals surface area contributed by atoms with Crippen molar-refractivity contribution in [2.24, 2.45) is 0 Å². The zero-order valence-corrected chi connectivity index (χ0v) is 16.3. The highest BCUT2D eigenvalue weighted by Crippen LogP contribution is 2.22. The standard InChI is InChI=1S/C17H18N6O4S/c1-11-4-6-14(8-13(11)3)22-17(19-20-21-22)10-18-28(26,27)16-9-15(23(24)25)7-5-12(16)2/h4-9,18H,10H2,1-3H3. The van der Waals surface area contributed by atoms with E-state index in [1.165, 1.54) is 16.8 Å². The maximum Gasteiger partial charge on any atom is 0.270 e. The Morgan fingerprint density at radius 3 is 2.46 bits per heavy atom. The summed E-state index contributed by atoms with van der Waals surface area (Å²) in [5.74, 6) is 0.287. The van der Waals surface area contributed by atoms with Crippen molar-refractivity contribution < 1.29 is 13.3 Å². The summed E-state index contributed by atoms with van der Waals surface area (Å²) in [6, 6.07) is 9.34. The van der Waals surface area contributed by atoms with Gasteiger partial charge in [-0.2, -0.15) is 4.68 Å². The number of nitrogens with zero attached hydrogens (tertiary/aromatic N) is 5. The molecular formula is C17H18N6O4S. The van der Waals surface area contributed by atoms with Crippen molar-refractivity contribution in [3.05, 3.63) is 69.0 Å². The minimum atomic E-state index is -4.00. The number of rotatable bonds is 6. The fourth-order valence-corrected chi connectivity index (χ4v) is 3.85. The molecule has 11 heteroatoms. The lowest BCUT2D eigenvalue weighted by Crippen LogP contribution is -2.25. The SMILES string of the molecule is Cc1ccc(-n2nnnc2CNS(=O)(=O)c2cc([N+](=O)[O-])ccc2C)cc1C. The number of nitrogens with one attached hydrogen (secondary N) is 1. The molecule has 0 radical (unpaired) electrons. The number of benzene rings is 2. The molecule has 0 atom stereocenters. The van der Waals surface area contributed by atoms with Crippen molar-refractivity contribution in [1.29, 1.82) is 0 Å². The number of tetrazole rings is 1. The summed E-state index contributed by atoms with van der Waals surface area (Å²) in [7, 11) is -4.00. The molecule has 28 heavy (non-hydrogen) atoms. The van der Waals surface area contributed by atoms with E-state index in [-0.39, 0.29) is 23.0 Å². The van der Waals surface area contributed by atoms with Crippen LogP contribution in [-0.2, 0) is 16.6 Å². The van der Waals surface area contributed by atoms with Crippen molar-refractivity contribution in [2.75, 3.05) is 0 Å². The van der Waals surface area contributed by atoms with Crippen molar-refractivity contribution in [2.45, 2.75) is 32.2 Å². The van der Waals surface area contributed by atoms with Crippen molar-refractivity contribution in [1.82, 2.24) is 24.9 Å². The Labute approximate surface area is 161 Å². The van der Waals surface area contributed by atoms with E-state index in [2.05, 4.69) is 20.2 Å². The molecule has 3 aromatic rings. The zero-order chi connectivity index (χ0) is 20.5. The van der Waals surface area contributed by atoms with E-state index in [0.717, 1.165) is 17.2 Å². The van der Waals surface area contributed by atoms with Gasteiger partial charge in [-0.3, -0.25) is 10.1 Å². The van der Waals surface area contributed by atoms with Crippen molar-refractivity contribution in [3.8, 4) is 5.69 Å². The second kappa shape index (κ2) is 7.44. The largest absolute Gasteiger partial charge is 0.270 e. The summed E-state index contributed by atoms with van der Waals surface area (Å²) in [5, 5.41) is 22.4. The van der Waals surface area contributed by atoms with E-state index in [4.69, 9.17) is 0 Å². The first-order valence-electron chi connectivity index (χ1n) is 8.28. The Balaban J connectivity index is 1.87. The van der Waals surface area contributed by atoms with Crippen LogP contribution >= 0.6 is 0 Å². The molecule has 1 aromatic heterocycles. The highest BCUT2D eigenvalue weighted by molar-refractivity contribution is 7.89. The zero-order valence-electron chi connectivity index (χ0n) is 15.4. The second-order valence-corrected chi connectivity index (χ2v) is 8.04. The van der Waals surface area contributed by atoms with Crippen LogP contribution in [0.2, 0.25) is 0 Å². The maximum atomic E-state index is 12.7. The van der Waals surface area contributed by atoms with Gasteiger partial charge < -0.3 is 0 Å². The topological polar surface area (TPSA) is 133 Å². The monoisotopic (exact) mass is 402 g/mol. The average Bonchev–Trinajstić information content (AvgIpc) is 3.11. The average molecular weight is 402 g/mol. The molecule has 0 saturated heterocycles. The molecule has 0 saturated carbocycles. The first-order chi connectivity index (χ1) is 13.2. The first-order valence-corrected chi connectivity index (χ1v) is 9.77. The van der Waals surface area contributed by atoms with Gasteiger partial charge in [0.2, 0.25) is 10.0 Å². The molecule has 0 fully saturated rings. The van der Waals surface area contributed by atoms with Gasteiger partial charge >= 0.3 is 0 Å². The Morgan fingerprint density at radius 2 is 1.79 bits per heavy atom. The van der Waals surface area contributed by atoms with Crippen LogP contribution in [-0.4, -0.2) is 33.5 Å². The van der Waals surface area contributed by atoms with Crippen LogP contribution in [0.15, 0.2) is 41.3 Å². The number of non-ortho nitro benzene ring substituents is 1. The van der Waals surface area contributed by atoms with Gasteiger partial charge in [0.05, 0.1) is 22.1 Å². The number of sulfonamides is 1. The normalized spacial score (nSPS) is 11.5. The minimum Gasteiger partial charge on any atom is -0.258 e. The predicted molar refractivity (Wildman–Crippen MR) is 100 cm³/mol. The molecule has 3 rings (SSSR count). The number of hydrogen-bond donors (Lipinski definition) is 1. The smallest absolute Gasteiger partial charge is 0.258 e. The molecule has 0 amide bonds. The molecular weight excluding hydrogens is 384 g/mol. The lowest BCUT2D eigenvalue weighted by Gasteiger charge is -2.10. The molecule has 1 N–H and O–H groups in total. The van der Waals surface area contributed by atoms with Crippen molar-refractivity contribution in [3.63, 3.8) is 0 Å². The van der Waals surface area contributed by atoms with Crippen LogP contribution in [0.4, 0.5) is 5.69 Å². The van der Waals surface area contributed by atoms with Crippen LogP contribution in [0.3, 0.4) is 0 Å². The van der Waals surface area contributed by atoms with Crippen LogP contribution in [0.1, 0.15) is 22.5 Å². The Kier molecular flexibility index (Phi) is 5.21. The molecule has 0 aliphatic rings. The van der Waals surface area contributed by atoms with Gasteiger partial charge in [0, 0.05) is 12.1 Å². The van der Waals surface area contributed by atoms with Gasteiger partial charge in [-0.05, 0) is 60.0 Å². The highest BCUT2D eigenvalue weighted by Gasteiger charge is 2.21. The summed E-state index contributed by atoms with van der Waals surface area (Å²) in [4.78, 5) is 10.1. The Bertz CT molecular complexity index is 1160. The third kappa shape index (κ3) is 3.89. The number of nitro benzene ring substituents is 1. The molecule has 0 aliphatic carbocycles. The van der Waals surface area contributed by atoms with E-state index in [1.54, 1.807) is 6.92 Å². The van der Waals surface area contributed by atoms with Crippen LogP contribution < -0.4 is 4.72 Å². The van der Waals surface area contributed by atoms with E-state index >= 15 is 0 Å². The lowest BCUT2D eigenvalue weighted by atomic mass is 10.1. The molecule has 0 aliphatic heterocycles. The summed E-state index contributed by atoms with van der Waals surface area (Å²) < 4.78 is 29.2.